The van der Waals surface area contributed by atoms with Crippen molar-refractivity contribution in [3.8, 4) is 0 Å². The Morgan fingerprint density at radius 3 is 1.25 bits per heavy atom. The van der Waals surface area contributed by atoms with Gasteiger partial charge in [0.05, 0.1) is 0 Å². The summed E-state index contributed by atoms with van der Waals surface area (Å²) >= 11 is 0. The van der Waals surface area contributed by atoms with Gasteiger partial charge >= 0.3 is 0 Å². The Morgan fingerprint density at radius 2 is 1.25 bits per heavy atom. The summed E-state index contributed by atoms with van der Waals surface area (Å²) in [5, 5.41) is 0. The molecule has 0 unspecified atom stereocenters. The van der Waals surface area contributed by atoms with E-state index in [4.69, 9.17) is 0 Å². The van der Waals surface area contributed by atoms with Crippen molar-refractivity contribution in [3.63, 3.8) is 0 Å². The van der Waals surface area contributed by atoms with Gasteiger partial charge in [-0.05, 0) is 11.0 Å². The van der Waals surface area contributed by atoms with Crippen LogP contribution in [-0.2, 0) is 19.5 Å². The summed E-state index contributed by atoms with van der Waals surface area (Å²) in [6.07, 6.45) is 0. The van der Waals surface area contributed by atoms with Crippen molar-refractivity contribution in [1.29, 1.82) is 0 Å². The van der Waals surface area contributed by atoms with E-state index in [0.717, 1.165) is 0 Å². The van der Waals surface area contributed by atoms with Gasteiger partial charge in [-0.1, -0.05) is 0 Å². The van der Waals surface area contributed by atoms with Crippen molar-refractivity contribution in [3.05, 3.63) is 6.92 Å². The Balaban J connectivity index is -0.00000000500. The average molecular weight is 126 g/mol. The largest absolute Gasteiger partial charge is 0.346 e. The molecule has 0 rings (SSSR count). The van der Waals surface area contributed by atoms with E-state index in [0.29, 0.717) is 0 Å². The van der Waals surface area contributed by atoms with Gasteiger partial charge in [0.15, 0.2) is 0 Å². The van der Waals surface area contributed by atoms with E-state index in [9.17, 15) is 0 Å². The third-order valence-electron chi connectivity index (χ3n) is 0. The van der Waals surface area contributed by atoms with Gasteiger partial charge in [-0.2, -0.15) is 6.92 Å². The topological polar surface area (TPSA) is 0 Å². The predicted molar refractivity (Wildman–Crippen MR) is 21.0 cm³/mol. The average Bonchev–Trinajstić information content (AvgIpc) is 1.00. The van der Waals surface area contributed by atoms with Crippen LogP contribution >= 0.6 is 0 Å². The van der Waals surface area contributed by atoms with Crippen LogP contribution in [0.2, 0.25) is 0 Å². The van der Waals surface area contributed by atoms with Crippen molar-refractivity contribution in [2.75, 3.05) is 0 Å². The van der Waals surface area contributed by atoms with Crippen molar-refractivity contribution in [2.24, 2.45) is 0 Å². The van der Waals surface area contributed by atoms with Crippen LogP contribution in [0.5, 0.6) is 0 Å². The number of hydrogen-bond donors (Lipinski definition) is 0. The van der Waals surface area contributed by atoms with E-state index >= 15 is 0 Å². The van der Waals surface area contributed by atoms with Crippen LogP contribution in [0.25, 0.3) is 0 Å². The maximum absolute atomic E-state index is 3.25. The van der Waals surface area contributed by atoms with Crippen LogP contribution in [-0.4, -0.2) is 11.0 Å². The third kappa shape index (κ3) is 13.6. The Kier molecular flexibility index (Phi) is 231. The molecule has 0 atom stereocenters. The fraction of sp³-hybridized carbons (Fsp3) is 0.500. The van der Waals surface area contributed by atoms with Crippen molar-refractivity contribution in [2.45, 2.75) is 6.92 Å². The van der Waals surface area contributed by atoms with Crippen LogP contribution < -0.4 is 0 Å². The molecule has 0 spiro atoms. The minimum atomic E-state index is 0. The van der Waals surface area contributed by atoms with Gasteiger partial charge < -0.3 is 6.92 Å². The minimum absolute atomic E-state index is 0. The van der Waals surface area contributed by atoms with Gasteiger partial charge in [-0.25, -0.2) is 0 Å². The Labute approximate surface area is 44.8 Å². The number of hydrogen-bond acceptors (Lipinski definition) is 0. The van der Waals surface area contributed by atoms with Gasteiger partial charge in [-0.3, -0.25) is 0 Å². The van der Waals surface area contributed by atoms with Gasteiger partial charge in [0.25, 0.3) is 0 Å². The molecule has 0 aliphatic rings. The van der Waals surface area contributed by atoms with Gasteiger partial charge in [0.1, 0.15) is 0 Å². The quantitative estimate of drug-likeness (QED) is 0.307. The van der Waals surface area contributed by atoms with Crippen molar-refractivity contribution in [1.82, 2.24) is 0 Å². The molecule has 2 heteroatoms. The van der Waals surface area contributed by atoms with Gasteiger partial charge in [0, 0.05) is 19.5 Å². The second kappa shape index (κ2) is 43.9. The van der Waals surface area contributed by atoms with Gasteiger partial charge in [0.2, 0.25) is 0 Å². The van der Waals surface area contributed by atoms with Crippen LogP contribution in [0.15, 0.2) is 0 Å². The molecule has 23 valence electrons. The zero-order valence-corrected chi connectivity index (χ0v) is 8.38. The molecule has 0 saturated heterocycles. The van der Waals surface area contributed by atoms with E-state index in [1.165, 1.54) is 0 Å². The van der Waals surface area contributed by atoms with Crippen LogP contribution in [0, 0.1) is 6.92 Å². The minimum Gasteiger partial charge on any atom is -0.346 e. The van der Waals surface area contributed by atoms with Gasteiger partial charge in [-0.15, -0.1) is 0 Å². The first kappa shape index (κ1) is 21.1. The molecule has 0 N–H and O–H groups in total. The first-order chi connectivity index (χ1) is 1.00. The molecule has 1 radical (unpaired) electrons. The molecule has 0 amide bonds. The maximum atomic E-state index is 3.25. The Bertz CT molecular complexity index is 6.00. The summed E-state index contributed by atoms with van der Waals surface area (Å²) in [5.41, 5.74) is 0. The molecule has 0 aromatic heterocycles. The molecule has 0 aromatic carbocycles. The molecule has 0 fully saturated rings. The first-order valence-corrected chi connectivity index (χ1v) is 0.707. The standard InChI is InChI=1S/C2H5.H3Si.Zn/c1-2;;/h1H2,2H3;1H3;/q-1;;. The van der Waals surface area contributed by atoms with Crippen molar-refractivity contribution < 1.29 is 19.5 Å². The zero-order chi connectivity index (χ0) is 2.00. The fourth-order valence-electron chi connectivity index (χ4n) is 0. The zero-order valence-electron chi connectivity index (χ0n) is 3.41. The molecule has 0 nitrogen and oxygen atoms in total. The van der Waals surface area contributed by atoms with E-state index in [2.05, 4.69) is 6.92 Å². The van der Waals surface area contributed by atoms with Crippen LogP contribution in [0.1, 0.15) is 6.92 Å². The van der Waals surface area contributed by atoms with Crippen LogP contribution in [0.3, 0.4) is 0 Å². The third-order valence-corrected chi connectivity index (χ3v) is 0. The van der Waals surface area contributed by atoms with Crippen molar-refractivity contribution >= 4 is 11.0 Å². The maximum Gasteiger partial charge on any atom is 0 e. The Morgan fingerprint density at radius 1 is 1.25 bits per heavy atom. The summed E-state index contributed by atoms with van der Waals surface area (Å²) in [6.45, 7) is 5.00. The molecule has 4 heavy (non-hydrogen) atoms. The molecule has 0 aromatic rings. The normalized spacial score (nSPS) is 1.50. The monoisotopic (exact) mass is 124 g/mol. The molecular weight excluding hydrogens is 117 g/mol. The summed E-state index contributed by atoms with van der Waals surface area (Å²) in [5.74, 6) is 0. The fourth-order valence-corrected chi connectivity index (χ4v) is 0. The summed E-state index contributed by atoms with van der Waals surface area (Å²) in [7, 11) is 0. The molecule has 0 aliphatic carbocycles. The van der Waals surface area contributed by atoms with E-state index in [-0.39, 0.29) is 30.4 Å². The first-order valence-electron chi connectivity index (χ1n) is 0.707. The molecule has 0 heterocycles. The molecule has 0 saturated carbocycles. The van der Waals surface area contributed by atoms with E-state index < -0.39 is 0 Å². The SMILES string of the molecule is [CH2-]C.[SiH3].[Zn]. The Hall–Kier alpha value is 0.840. The second-order valence-electron chi connectivity index (χ2n) is 0. The summed E-state index contributed by atoms with van der Waals surface area (Å²) in [4.78, 5) is 0. The molecular formula is C2H8SiZn-. The van der Waals surface area contributed by atoms with Crippen LogP contribution in [0.4, 0.5) is 0 Å². The van der Waals surface area contributed by atoms with E-state index in [1.807, 2.05) is 0 Å². The summed E-state index contributed by atoms with van der Waals surface area (Å²) in [6, 6.07) is 0. The molecule has 0 bridgehead atoms. The molecule has 0 aliphatic heterocycles. The van der Waals surface area contributed by atoms with E-state index in [1.54, 1.807) is 6.92 Å². The predicted octanol–water partition coefficient (Wildman–Crippen LogP) is -0.346. The number of rotatable bonds is 0. The summed E-state index contributed by atoms with van der Waals surface area (Å²) < 4.78 is 0. The smallest absolute Gasteiger partial charge is 0 e. The second-order valence-corrected chi connectivity index (χ2v) is 0.